The van der Waals surface area contributed by atoms with Crippen LogP contribution in [0.25, 0.3) is 0 Å². The third kappa shape index (κ3) is 4.68. The van der Waals surface area contributed by atoms with Crippen LogP contribution in [-0.2, 0) is 0 Å². The van der Waals surface area contributed by atoms with Gasteiger partial charge in [0.1, 0.15) is 17.2 Å². The Labute approximate surface area is 170 Å². The molecule has 1 N–H and O–H groups in total. The highest BCUT2D eigenvalue weighted by Gasteiger charge is 2.15. The number of amides is 1. The van der Waals surface area contributed by atoms with Gasteiger partial charge in [0.15, 0.2) is 0 Å². The van der Waals surface area contributed by atoms with Crippen LogP contribution in [0.3, 0.4) is 0 Å². The molecule has 0 atom stereocenters. The molecule has 0 aliphatic rings. The molecular weight excluding hydrogens is 394 g/mol. The van der Waals surface area contributed by atoms with Crippen LogP contribution in [-0.4, -0.2) is 22.9 Å². The predicted octanol–water partition coefficient (Wildman–Crippen LogP) is 4.56. The van der Waals surface area contributed by atoms with Crippen LogP contribution in [0, 0.1) is 20.2 Å². The van der Waals surface area contributed by atoms with Crippen molar-refractivity contribution in [1.82, 2.24) is 0 Å². The average molecular weight is 409 g/mol. The van der Waals surface area contributed by atoms with Gasteiger partial charge < -0.3 is 14.8 Å². The molecule has 10 heteroatoms. The van der Waals surface area contributed by atoms with Gasteiger partial charge in [-0.1, -0.05) is 0 Å². The molecule has 0 heterocycles. The summed E-state index contributed by atoms with van der Waals surface area (Å²) in [6, 6.07) is 15.6. The lowest BCUT2D eigenvalue weighted by Gasteiger charge is -2.10. The summed E-state index contributed by atoms with van der Waals surface area (Å²) >= 11 is 0. The lowest BCUT2D eigenvalue weighted by atomic mass is 10.2. The van der Waals surface area contributed by atoms with Crippen LogP contribution < -0.4 is 14.8 Å². The summed E-state index contributed by atoms with van der Waals surface area (Å²) in [4.78, 5) is 33.1. The lowest BCUT2D eigenvalue weighted by molar-refractivity contribution is -0.385. The monoisotopic (exact) mass is 409 g/mol. The van der Waals surface area contributed by atoms with E-state index in [9.17, 15) is 25.0 Å². The molecule has 0 saturated carbocycles. The minimum Gasteiger partial charge on any atom is -0.495 e. The number of non-ortho nitro benzene ring substituents is 2. The Morgan fingerprint density at radius 1 is 0.833 bits per heavy atom. The third-order valence-electron chi connectivity index (χ3n) is 4.04. The van der Waals surface area contributed by atoms with Crippen molar-refractivity contribution in [2.45, 2.75) is 0 Å². The van der Waals surface area contributed by atoms with Crippen molar-refractivity contribution in [3.8, 4) is 17.2 Å². The van der Waals surface area contributed by atoms with Crippen molar-refractivity contribution in [3.63, 3.8) is 0 Å². The van der Waals surface area contributed by atoms with Crippen molar-refractivity contribution < 1.29 is 24.1 Å². The van der Waals surface area contributed by atoms with Crippen LogP contribution in [0.1, 0.15) is 10.4 Å². The SMILES string of the molecule is COc1ccc([N+](=O)[O-])cc1NC(=O)c1ccc(Oc2ccc([N+](=O)[O-])cc2)cc1. The average Bonchev–Trinajstić information content (AvgIpc) is 2.74. The number of hydrogen-bond donors (Lipinski definition) is 1. The summed E-state index contributed by atoms with van der Waals surface area (Å²) in [6.07, 6.45) is 0. The van der Waals surface area contributed by atoms with Gasteiger partial charge in [0.25, 0.3) is 17.3 Å². The van der Waals surface area contributed by atoms with Crippen LogP contribution in [0.5, 0.6) is 17.2 Å². The minimum absolute atomic E-state index is 0.0501. The van der Waals surface area contributed by atoms with Crippen LogP contribution in [0.4, 0.5) is 17.1 Å². The molecule has 0 bridgehead atoms. The Hall–Kier alpha value is -4.47. The number of benzene rings is 3. The Bertz CT molecular complexity index is 1100. The maximum atomic E-state index is 12.5. The Kier molecular flexibility index (Phi) is 5.87. The van der Waals surface area contributed by atoms with Gasteiger partial charge in [-0.2, -0.15) is 0 Å². The molecule has 0 unspecified atom stereocenters. The maximum absolute atomic E-state index is 12.5. The molecule has 0 aliphatic heterocycles. The van der Waals surface area contributed by atoms with E-state index in [4.69, 9.17) is 9.47 Å². The minimum atomic E-state index is -0.570. The van der Waals surface area contributed by atoms with Crippen molar-refractivity contribution in [3.05, 3.63) is 92.5 Å². The number of nitrogens with one attached hydrogen (secondary N) is 1. The summed E-state index contributed by atoms with van der Waals surface area (Å²) in [5.74, 6) is 0.621. The number of rotatable bonds is 7. The van der Waals surface area contributed by atoms with E-state index in [-0.39, 0.29) is 22.8 Å². The number of nitro benzene ring substituents is 2. The first kappa shape index (κ1) is 20.3. The van der Waals surface area contributed by atoms with Crippen molar-refractivity contribution in [1.29, 1.82) is 0 Å². The Balaban J connectivity index is 1.71. The van der Waals surface area contributed by atoms with Crippen LogP contribution >= 0.6 is 0 Å². The molecule has 0 aliphatic carbocycles. The molecule has 0 radical (unpaired) electrons. The molecule has 3 aromatic rings. The number of ether oxygens (including phenoxy) is 2. The summed E-state index contributed by atoms with van der Waals surface area (Å²) in [5.41, 5.74) is 0.228. The van der Waals surface area contributed by atoms with E-state index < -0.39 is 15.8 Å². The molecule has 10 nitrogen and oxygen atoms in total. The molecule has 3 rings (SSSR count). The zero-order valence-electron chi connectivity index (χ0n) is 15.6. The summed E-state index contributed by atoms with van der Waals surface area (Å²) in [6.45, 7) is 0. The molecule has 0 aromatic heterocycles. The standard InChI is InChI=1S/C20H15N3O7/c1-29-19-11-6-15(23(27)28)12-18(19)21-20(24)13-2-7-16(8-3-13)30-17-9-4-14(5-10-17)22(25)26/h2-12H,1H3,(H,21,24). The van der Waals surface area contributed by atoms with Crippen LogP contribution in [0.2, 0.25) is 0 Å². The number of carbonyl (C=O) groups is 1. The molecule has 152 valence electrons. The van der Waals surface area contributed by atoms with Gasteiger partial charge in [-0.05, 0) is 42.5 Å². The van der Waals surface area contributed by atoms with Crippen molar-refractivity contribution >= 4 is 23.0 Å². The topological polar surface area (TPSA) is 134 Å². The summed E-state index contributed by atoms with van der Waals surface area (Å²) in [7, 11) is 1.39. The predicted molar refractivity (Wildman–Crippen MR) is 107 cm³/mol. The van der Waals surface area contributed by atoms with E-state index in [1.165, 1.54) is 61.7 Å². The zero-order valence-corrected chi connectivity index (χ0v) is 15.6. The number of nitro groups is 2. The molecule has 3 aromatic carbocycles. The first-order valence-corrected chi connectivity index (χ1v) is 8.53. The Morgan fingerprint density at radius 2 is 1.37 bits per heavy atom. The molecule has 30 heavy (non-hydrogen) atoms. The molecule has 1 amide bonds. The number of nitrogens with zero attached hydrogens (tertiary/aromatic N) is 2. The van der Waals surface area contributed by atoms with E-state index >= 15 is 0 Å². The van der Waals surface area contributed by atoms with Crippen molar-refractivity contribution in [2.75, 3.05) is 12.4 Å². The second kappa shape index (κ2) is 8.69. The number of anilines is 1. The third-order valence-corrected chi connectivity index (χ3v) is 4.04. The van der Waals surface area contributed by atoms with Crippen molar-refractivity contribution in [2.24, 2.45) is 0 Å². The van der Waals surface area contributed by atoms with E-state index in [0.717, 1.165) is 0 Å². The number of carbonyl (C=O) groups excluding carboxylic acids is 1. The van der Waals surface area contributed by atoms with Gasteiger partial charge in [0.2, 0.25) is 0 Å². The smallest absolute Gasteiger partial charge is 0.271 e. The molecule has 0 saturated heterocycles. The fourth-order valence-corrected chi connectivity index (χ4v) is 2.55. The molecular formula is C20H15N3O7. The molecule has 0 fully saturated rings. The highest BCUT2D eigenvalue weighted by Crippen LogP contribution is 2.30. The first-order chi connectivity index (χ1) is 14.4. The van der Waals surface area contributed by atoms with E-state index in [0.29, 0.717) is 17.1 Å². The summed E-state index contributed by atoms with van der Waals surface area (Å²) in [5, 5.41) is 24.2. The van der Waals surface area contributed by atoms with E-state index in [1.54, 1.807) is 12.1 Å². The van der Waals surface area contributed by atoms with Gasteiger partial charge in [-0.25, -0.2) is 0 Å². The van der Waals surface area contributed by atoms with Gasteiger partial charge >= 0.3 is 0 Å². The fourth-order valence-electron chi connectivity index (χ4n) is 2.55. The normalized spacial score (nSPS) is 10.2. The molecule has 0 spiro atoms. The van der Waals surface area contributed by atoms with E-state index in [2.05, 4.69) is 5.32 Å². The number of hydrogen-bond acceptors (Lipinski definition) is 7. The number of methoxy groups -OCH3 is 1. The maximum Gasteiger partial charge on any atom is 0.271 e. The fraction of sp³-hybridized carbons (Fsp3) is 0.0500. The summed E-state index contributed by atoms with van der Waals surface area (Å²) < 4.78 is 10.7. The zero-order chi connectivity index (χ0) is 21.7. The second-order valence-electron chi connectivity index (χ2n) is 5.97. The van der Waals surface area contributed by atoms with E-state index in [1.807, 2.05) is 0 Å². The lowest BCUT2D eigenvalue weighted by Crippen LogP contribution is -2.12. The quantitative estimate of drug-likeness (QED) is 0.446. The second-order valence-corrected chi connectivity index (χ2v) is 5.97. The Morgan fingerprint density at radius 3 is 1.90 bits per heavy atom. The van der Waals surface area contributed by atoms with Gasteiger partial charge in [0, 0.05) is 29.8 Å². The van der Waals surface area contributed by atoms with Gasteiger partial charge in [-0.3, -0.25) is 25.0 Å². The van der Waals surface area contributed by atoms with Gasteiger partial charge in [0.05, 0.1) is 22.6 Å². The van der Waals surface area contributed by atoms with Gasteiger partial charge in [-0.15, -0.1) is 0 Å². The van der Waals surface area contributed by atoms with Crippen LogP contribution in [0.15, 0.2) is 66.7 Å². The highest BCUT2D eigenvalue weighted by atomic mass is 16.6. The largest absolute Gasteiger partial charge is 0.495 e. The first-order valence-electron chi connectivity index (χ1n) is 8.53. The highest BCUT2D eigenvalue weighted by molar-refractivity contribution is 6.05.